The van der Waals surface area contributed by atoms with Crippen molar-refractivity contribution in [3.05, 3.63) is 59.4 Å². The van der Waals surface area contributed by atoms with Crippen LogP contribution >= 0.6 is 0 Å². The van der Waals surface area contributed by atoms with E-state index in [2.05, 4.69) is 16.5 Å². The second-order valence-electron chi connectivity index (χ2n) is 5.57. The SMILES string of the molecule is C=CCc1cc(C(=O)NCc2ccc(C)n2C)cc(OC)c1OC. The molecule has 0 saturated carbocycles. The fraction of sp³-hybridized carbons (Fsp3) is 0.316. The summed E-state index contributed by atoms with van der Waals surface area (Å²) in [7, 11) is 5.13. The molecular weight excluding hydrogens is 304 g/mol. The van der Waals surface area contributed by atoms with Crippen LogP contribution in [0.3, 0.4) is 0 Å². The van der Waals surface area contributed by atoms with Crippen molar-refractivity contribution in [2.24, 2.45) is 7.05 Å². The van der Waals surface area contributed by atoms with E-state index in [1.54, 1.807) is 26.4 Å². The number of nitrogens with one attached hydrogen (secondary N) is 1. The minimum atomic E-state index is -0.153. The standard InChI is InChI=1S/C19H24N2O3/c1-6-7-14-10-15(11-17(23-4)18(14)24-5)19(22)20-12-16-9-8-13(2)21(16)3/h6,8-11H,1,7,12H2,2-5H3,(H,20,22). The van der Waals surface area contributed by atoms with Gasteiger partial charge < -0.3 is 19.4 Å². The Morgan fingerprint density at radius 2 is 2.04 bits per heavy atom. The highest BCUT2D eigenvalue weighted by atomic mass is 16.5. The third kappa shape index (κ3) is 3.62. The average Bonchev–Trinajstić information content (AvgIpc) is 2.91. The van der Waals surface area contributed by atoms with Gasteiger partial charge >= 0.3 is 0 Å². The number of ether oxygens (including phenoxy) is 2. The van der Waals surface area contributed by atoms with Crippen molar-refractivity contribution < 1.29 is 14.3 Å². The van der Waals surface area contributed by atoms with Crippen molar-refractivity contribution in [3.63, 3.8) is 0 Å². The Morgan fingerprint density at radius 1 is 1.29 bits per heavy atom. The van der Waals surface area contributed by atoms with Gasteiger partial charge in [-0.2, -0.15) is 0 Å². The van der Waals surface area contributed by atoms with Gasteiger partial charge in [-0.05, 0) is 37.6 Å². The number of rotatable bonds is 7. The van der Waals surface area contributed by atoms with E-state index in [0.717, 1.165) is 17.0 Å². The van der Waals surface area contributed by atoms with Crippen molar-refractivity contribution in [2.45, 2.75) is 19.9 Å². The lowest BCUT2D eigenvalue weighted by Gasteiger charge is -2.14. The number of hydrogen-bond donors (Lipinski definition) is 1. The first-order chi connectivity index (χ1) is 11.5. The number of carbonyl (C=O) groups is 1. The molecule has 0 aliphatic heterocycles. The van der Waals surface area contributed by atoms with Crippen molar-refractivity contribution in [2.75, 3.05) is 14.2 Å². The number of methoxy groups -OCH3 is 2. The Balaban J connectivity index is 2.23. The Kier molecular flexibility index (Phi) is 5.68. The van der Waals surface area contributed by atoms with Gasteiger partial charge in [-0.1, -0.05) is 6.08 Å². The number of aromatic nitrogens is 1. The molecule has 0 unspecified atom stereocenters. The van der Waals surface area contributed by atoms with Crippen LogP contribution in [0.5, 0.6) is 11.5 Å². The van der Waals surface area contributed by atoms with Gasteiger partial charge in [0.2, 0.25) is 0 Å². The van der Waals surface area contributed by atoms with E-state index < -0.39 is 0 Å². The molecular formula is C19H24N2O3. The summed E-state index contributed by atoms with van der Waals surface area (Å²) in [4.78, 5) is 12.5. The first-order valence-electron chi connectivity index (χ1n) is 7.77. The van der Waals surface area contributed by atoms with Gasteiger partial charge in [0.25, 0.3) is 5.91 Å². The van der Waals surface area contributed by atoms with Crippen LogP contribution in [0.4, 0.5) is 0 Å². The number of nitrogens with zero attached hydrogens (tertiary/aromatic N) is 1. The second-order valence-corrected chi connectivity index (χ2v) is 5.57. The molecule has 1 heterocycles. The molecule has 1 aromatic heterocycles. The average molecular weight is 328 g/mol. The highest BCUT2D eigenvalue weighted by Gasteiger charge is 2.16. The molecule has 2 rings (SSSR count). The summed E-state index contributed by atoms with van der Waals surface area (Å²) in [5, 5.41) is 2.95. The van der Waals surface area contributed by atoms with Gasteiger partial charge in [-0.25, -0.2) is 0 Å². The van der Waals surface area contributed by atoms with Crippen LogP contribution in [0, 0.1) is 6.92 Å². The summed E-state index contributed by atoms with van der Waals surface area (Å²) in [5.74, 6) is 1.02. The largest absolute Gasteiger partial charge is 0.493 e. The van der Waals surface area contributed by atoms with E-state index in [0.29, 0.717) is 30.0 Å². The van der Waals surface area contributed by atoms with Crippen LogP contribution in [0.25, 0.3) is 0 Å². The fourth-order valence-electron chi connectivity index (χ4n) is 2.60. The fourth-order valence-corrected chi connectivity index (χ4v) is 2.60. The normalized spacial score (nSPS) is 10.3. The van der Waals surface area contributed by atoms with E-state index in [-0.39, 0.29) is 5.91 Å². The molecule has 0 aliphatic carbocycles. The third-order valence-electron chi connectivity index (χ3n) is 4.09. The summed E-state index contributed by atoms with van der Waals surface area (Å²) >= 11 is 0. The zero-order valence-corrected chi connectivity index (χ0v) is 14.7. The predicted molar refractivity (Wildman–Crippen MR) is 94.8 cm³/mol. The number of allylic oxidation sites excluding steroid dienone is 1. The Morgan fingerprint density at radius 3 is 2.58 bits per heavy atom. The summed E-state index contributed by atoms with van der Waals surface area (Å²) in [6.45, 7) is 6.25. The summed E-state index contributed by atoms with van der Waals surface area (Å²) < 4.78 is 12.8. The summed E-state index contributed by atoms with van der Waals surface area (Å²) in [6.07, 6.45) is 2.36. The maximum atomic E-state index is 12.5. The molecule has 5 heteroatoms. The van der Waals surface area contributed by atoms with E-state index in [4.69, 9.17) is 9.47 Å². The molecule has 1 N–H and O–H groups in total. The second kappa shape index (κ2) is 7.73. The zero-order valence-electron chi connectivity index (χ0n) is 14.7. The zero-order chi connectivity index (χ0) is 17.7. The van der Waals surface area contributed by atoms with Crippen LogP contribution in [0.2, 0.25) is 0 Å². The minimum absolute atomic E-state index is 0.153. The number of hydrogen-bond acceptors (Lipinski definition) is 3. The first kappa shape index (κ1) is 17.7. The van der Waals surface area contributed by atoms with E-state index in [1.807, 2.05) is 32.2 Å². The summed E-state index contributed by atoms with van der Waals surface area (Å²) in [5.41, 5.74) is 3.61. The topological polar surface area (TPSA) is 52.5 Å². The molecule has 24 heavy (non-hydrogen) atoms. The van der Waals surface area contributed by atoms with Gasteiger partial charge in [0.15, 0.2) is 11.5 Å². The van der Waals surface area contributed by atoms with E-state index in [9.17, 15) is 4.79 Å². The molecule has 0 atom stereocenters. The van der Waals surface area contributed by atoms with Crippen LogP contribution < -0.4 is 14.8 Å². The molecule has 0 radical (unpaired) electrons. The molecule has 0 bridgehead atoms. The van der Waals surface area contributed by atoms with Gasteiger partial charge in [-0.15, -0.1) is 6.58 Å². The minimum Gasteiger partial charge on any atom is -0.493 e. The number of benzene rings is 1. The molecule has 1 amide bonds. The van der Waals surface area contributed by atoms with Crippen molar-refractivity contribution in [1.82, 2.24) is 9.88 Å². The molecule has 5 nitrogen and oxygen atoms in total. The van der Waals surface area contributed by atoms with Crippen molar-refractivity contribution >= 4 is 5.91 Å². The molecule has 2 aromatic rings. The Hall–Kier alpha value is -2.69. The van der Waals surface area contributed by atoms with Gasteiger partial charge in [0.1, 0.15) is 0 Å². The Labute approximate surface area is 142 Å². The monoisotopic (exact) mass is 328 g/mol. The predicted octanol–water partition coefficient (Wildman–Crippen LogP) is 3.01. The van der Waals surface area contributed by atoms with Gasteiger partial charge in [0.05, 0.1) is 20.8 Å². The number of carbonyl (C=O) groups excluding carboxylic acids is 1. The van der Waals surface area contributed by atoms with Gasteiger partial charge in [0, 0.05) is 29.6 Å². The van der Waals surface area contributed by atoms with Crippen molar-refractivity contribution in [3.8, 4) is 11.5 Å². The first-order valence-corrected chi connectivity index (χ1v) is 7.77. The van der Waals surface area contributed by atoms with Crippen molar-refractivity contribution in [1.29, 1.82) is 0 Å². The van der Waals surface area contributed by atoms with Crippen LogP contribution in [-0.4, -0.2) is 24.7 Å². The lowest BCUT2D eigenvalue weighted by Crippen LogP contribution is -2.24. The van der Waals surface area contributed by atoms with Gasteiger partial charge in [-0.3, -0.25) is 4.79 Å². The molecule has 0 spiro atoms. The molecule has 128 valence electrons. The lowest BCUT2D eigenvalue weighted by molar-refractivity contribution is 0.0949. The van der Waals surface area contributed by atoms with Crippen LogP contribution in [-0.2, 0) is 20.0 Å². The maximum Gasteiger partial charge on any atom is 0.251 e. The summed E-state index contributed by atoms with van der Waals surface area (Å²) in [6, 6.07) is 7.54. The quantitative estimate of drug-likeness (QED) is 0.795. The maximum absolute atomic E-state index is 12.5. The molecule has 0 saturated heterocycles. The molecule has 0 fully saturated rings. The number of amides is 1. The lowest BCUT2D eigenvalue weighted by atomic mass is 10.0. The highest BCUT2D eigenvalue weighted by molar-refractivity contribution is 5.95. The van der Waals surface area contributed by atoms with E-state index >= 15 is 0 Å². The Bertz CT molecular complexity index is 747. The molecule has 1 aromatic carbocycles. The highest BCUT2D eigenvalue weighted by Crippen LogP contribution is 2.33. The smallest absolute Gasteiger partial charge is 0.251 e. The van der Waals surface area contributed by atoms with Crippen LogP contribution in [0.15, 0.2) is 36.9 Å². The number of aryl methyl sites for hydroxylation is 1. The third-order valence-corrected chi connectivity index (χ3v) is 4.09. The van der Waals surface area contributed by atoms with Crippen LogP contribution in [0.1, 0.15) is 27.3 Å². The van der Waals surface area contributed by atoms with E-state index in [1.165, 1.54) is 0 Å². The molecule has 0 aliphatic rings.